The number of nitrogens with one attached hydrogen (secondary N) is 2. The van der Waals surface area contributed by atoms with E-state index in [1.165, 1.54) is 11.8 Å². The van der Waals surface area contributed by atoms with Crippen molar-refractivity contribution in [2.45, 2.75) is 24.9 Å². The lowest BCUT2D eigenvalue weighted by molar-refractivity contribution is -0.138. The maximum Gasteiger partial charge on any atom is 0.248 e. The fourth-order valence-electron chi connectivity index (χ4n) is 3.33. The van der Waals surface area contributed by atoms with E-state index in [1.807, 2.05) is 30.3 Å². The smallest absolute Gasteiger partial charge is 0.248 e. The topological polar surface area (TPSA) is 87.7 Å². The second-order valence-corrected chi connectivity index (χ2v) is 7.91. The lowest BCUT2D eigenvalue weighted by atomic mass is 10.1. The lowest BCUT2D eigenvalue weighted by Gasteiger charge is -2.25. The van der Waals surface area contributed by atoms with Crippen molar-refractivity contribution < 1.29 is 19.1 Å². The first-order valence-corrected chi connectivity index (χ1v) is 10.6. The summed E-state index contributed by atoms with van der Waals surface area (Å²) >= 11 is 1.53. The molecule has 4 rings (SSSR count). The second kappa shape index (κ2) is 8.57. The van der Waals surface area contributed by atoms with Gasteiger partial charge in [0.2, 0.25) is 17.7 Å². The zero-order valence-electron chi connectivity index (χ0n) is 15.7. The molecule has 0 radical (unpaired) electrons. The number of thioether (sulfide) groups is 1. The van der Waals surface area contributed by atoms with E-state index in [0.29, 0.717) is 35.9 Å². The molecule has 0 bridgehead atoms. The molecule has 2 aromatic rings. The molecular formula is C21H21N3O4S. The van der Waals surface area contributed by atoms with Crippen molar-refractivity contribution in [1.29, 1.82) is 0 Å². The fourth-order valence-corrected chi connectivity index (χ4v) is 4.50. The standard InChI is InChI=1S/C21H21N3O4S/c25-19-11-10-17(23-19)21(27)24-13-29-12-18(24)20(26)22-14-6-8-16(9-7-14)28-15-4-2-1-3-5-15/h1-9,17-18H,10-13H2,(H,22,26)(H,23,25)/t17-,18-/m0/s1. The minimum Gasteiger partial charge on any atom is -0.457 e. The Kier molecular flexibility index (Phi) is 5.71. The second-order valence-electron chi connectivity index (χ2n) is 6.91. The van der Waals surface area contributed by atoms with Gasteiger partial charge in [0.05, 0.1) is 5.88 Å². The molecule has 3 amide bonds. The minimum absolute atomic E-state index is 0.117. The van der Waals surface area contributed by atoms with E-state index in [4.69, 9.17) is 4.74 Å². The summed E-state index contributed by atoms with van der Waals surface area (Å²) in [6.45, 7) is 0. The van der Waals surface area contributed by atoms with Gasteiger partial charge in [-0.05, 0) is 42.8 Å². The molecule has 8 heteroatoms. The summed E-state index contributed by atoms with van der Waals surface area (Å²) in [6.07, 6.45) is 0.835. The van der Waals surface area contributed by atoms with Crippen molar-refractivity contribution in [1.82, 2.24) is 10.2 Å². The van der Waals surface area contributed by atoms with Crippen molar-refractivity contribution >= 4 is 35.2 Å². The van der Waals surface area contributed by atoms with Crippen molar-refractivity contribution in [3.63, 3.8) is 0 Å². The Hall–Kier alpha value is -3.00. The summed E-state index contributed by atoms with van der Waals surface area (Å²) in [5.74, 6) is 1.85. The third-order valence-corrected chi connectivity index (χ3v) is 5.87. The first kappa shape index (κ1) is 19.3. The molecule has 29 heavy (non-hydrogen) atoms. The molecule has 2 aliphatic heterocycles. The van der Waals surface area contributed by atoms with E-state index in [0.717, 1.165) is 5.75 Å². The van der Waals surface area contributed by atoms with Gasteiger partial charge in [-0.1, -0.05) is 18.2 Å². The number of rotatable bonds is 5. The predicted octanol–water partition coefficient (Wildman–Crippen LogP) is 2.60. The number of benzene rings is 2. The maximum absolute atomic E-state index is 12.7. The van der Waals surface area contributed by atoms with E-state index in [-0.39, 0.29) is 17.7 Å². The van der Waals surface area contributed by atoms with E-state index >= 15 is 0 Å². The van der Waals surface area contributed by atoms with Gasteiger partial charge in [0.25, 0.3) is 0 Å². The van der Waals surface area contributed by atoms with Gasteiger partial charge in [-0.25, -0.2) is 0 Å². The first-order valence-electron chi connectivity index (χ1n) is 9.41. The molecule has 2 saturated heterocycles. The number of ether oxygens (including phenoxy) is 1. The minimum atomic E-state index is -0.551. The van der Waals surface area contributed by atoms with E-state index in [2.05, 4.69) is 10.6 Å². The van der Waals surface area contributed by atoms with Gasteiger partial charge in [0.15, 0.2) is 0 Å². The van der Waals surface area contributed by atoms with Crippen LogP contribution in [-0.2, 0) is 14.4 Å². The average Bonchev–Trinajstić information content (AvgIpc) is 3.39. The molecule has 2 atom stereocenters. The number of carbonyl (C=O) groups is 3. The average molecular weight is 411 g/mol. The Bertz CT molecular complexity index is 904. The number of para-hydroxylation sites is 1. The Morgan fingerprint density at radius 2 is 1.79 bits per heavy atom. The Morgan fingerprint density at radius 1 is 1.07 bits per heavy atom. The summed E-state index contributed by atoms with van der Waals surface area (Å²) in [6, 6.07) is 15.5. The molecule has 0 aliphatic carbocycles. The molecule has 7 nitrogen and oxygen atoms in total. The summed E-state index contributed by atoms with van der Waals surface area (Å²) in [5.41, 5.74) is 0.633. The van der Waals surface area contributed by atoms with Crippen LogP contribution < -0.4 is 15.4 Å². The van der Waals surface area contributed by atoms with Gasteiger partial charge in [-0.2, -0.15) is 0 Å². The van der Waals surface area contributed by atoms with E-state index in [1.54, 1.807) is 29.2 Å². The number of anilines is 1. The van der Waals surface area contributed by atoms with E-state index < -0.39 is 12.1 Å². The molecule has 2 heterocycles. The summed E-state index contributed by atoms with van der Waals surface area (Å²) in [5, 5.41) is 5.55. The molecule has 150 valence electrons. The van der Waals surface area contributed by atoms with Crippen molar-refractivity contribution in [3.8, 4) is 11.5 Å². The number of hydrogen-bond donors (Lipinski definition) is 2. The van der Waals surface area contributed by atoms with Crippen molar-refractivity contribution in [2.75, 3.05) is 16.9 Å². The van der Waals surface area contributed by atoms with Crippen LogP contribution in [0.25, 0.3) is 0 Å². The van der Waals surface area contributed by atoms with Crippen LogP contribution in [0.1, 0.15) is 12.8 Å². The summed E-state index contributed by atoms with van der Waals surface area (Å²) in [4.78, 5) is 38.4. The van der Waals surface area contributed by atoms with Gasteiger partial charge in [-0.3, -0.25) is 14.4 Å². The largest absolute Gasteiger partial charge is 0.457 e. The Morgan fingerprint density at radius 3 is 2.48 bits per heavy atom. The van der Waals surface area contributed by atoms with Crippen LogP contribution >= 0.6 is 11.8 Å². The summed E-state index contributed by atoms with van der Waals surface area (Å²) in [7, 11) is 0. The lowest BCUT2D eigenvalue weighted by Crippen LogP contribution is -2.50. The SMILES string of the molecule is O=C1CC[C@@H](C(=O)N2CSC[C@H]2C(=O)Nc2ccc(Oc3ccccc3)cc2)N1. The van der Waals surface area contributed by atoms with Gasteiger partial charge in [0.1, 0.15) is 23.6 Å². The molecule has 0 saturated carbocycles. The number of amides is 3. The fraction of sp³-hybridized carbons (Fsp3) is 0.286. The molecule has 2 aliphatic rings. The highest BCUT2D eigenvalue weighted by Gasteiger charge is 2.39. The predicted molar refractivity (Wildman–Crippen MR) is 111 cm³/mol. The highest BCUT2D eigenvalue weighted by atomic mass is 32.2. The molecule has 0 aromatic heterocycles. The van der Waals surface area contributed by atoms with Crippen molar-refractivity contribution in [2.24, 2.45) is 0 Å². The van der Waals surface area contributed by atoms with Gasteiger partial charge < -0.3 is 20.3 Å². The van der Waals surface area contributed by atoms with Crippen LogP contribution in [0.3, 0.4) is 0 Å². The Labute approximate surface area is 172 Å². The normalized spacial score (nSPS) is 21.0. The molecule has 2 N–H and O–H groups in total. The number of nitrogens with zero attached hydrogens (tertiary/aromatic N) is 1. The maximum atomic E-state index is 12.7. The quantitative estimate of drug-likeness (QED) is 0.790. The van der Waals surface area contributed by atoms with Crippen LogP contribution in [0.5, 0.6) is 11.5 Å². The van der Waals surface area contributed by atoms with Crippen LogP contribution in [0, 0.1) is 0 Å². The zero-order valence-corrected chi connectivity index (χ0v) is 16.5. The first-order chi connectivity index (χ1) is 14.1. The number of carbonyl (C=O) groups excluding carboxylic acids is 3. The third kappa shape index (κ3) is 4.54. The molecular weight excluding hydrogens is 390 g/mol. The van der Waals surface area contributed by atoms with Gasteiger partial charge >= 0.3 is 0 Å². The Balaban J connectivity index is 1.36. The van der Waals surface area contributed by atoms with Crippen LogP contribution in [0.4, 0.5) is 5.69 Å². The monoisotopic (exact) mass is 411 g/mol. The zero-order chi connectivity index (χ0) is 20.2. The molecule has 0 spiro atoms. The van der Waals surface area contributed by atoms with Gasteiger partial charge in [0, 0.05) is 17.9 Å². The van der Waals surface area contributed by atoms with Gasteiger partial charge in [-0.15, -0.1) is 11.8 Å². The summed E-state index contributed by atoms with van der Waals surface area (Å²) < 4.78 is 5.75. The highest BCUT2D eigenvalue weighted by molar-refractivity contribution is 7.99. The third-order valence-electron chi connectivity index (χ3n) is 4.86. The van der Waals surface area contributed by atoms with Crippen molar-refractivity contribution in [3.05, 3.63) is 54.6 Å². The van der Waals surface area contributed by atoms with Crippen LogP contribution in [-0.4, -0.2) is 46.3 Å². The molecule has 0 unspecified atom stereocenters. The van der Waals surface area contributed by atoms with E-state index in [9.17, 15) is 14.4 Å². The molecule has 2 aromatic carbocycles. The van der Waals surface area contributed by atoms with Crippen LogP contribution in [0.2, 0.25) is 0 Å². The van der Waals surface area contributed by atoms with Crippen LogP contribution in [0.15, 0.2) is 54.6 Å². The molecule has 2 fully saturated rings. The number of hydrogen-bond acceptors (Lipinski definition) is 5. The highest BCUT2D eigenvalue weighted by Crippen LogP contribution is 2.26.